The van der Waals surface area contributed by atoms with Crippen LogP contribution in [-0.4, -0.2) is 51.0 Å². The highest BCUT2D eigenvalue weighted by Crippen LogP contribution is 2.33. The van der Waals surface area contributed by atoms with Gasteiger partial charge in [-0.25, -0.2) is 9.67 Å². The predicted octanol–water partition coefficient (Wildman–Crippen LogP) is 2.66. The number of amides is 1. The van der Waals surface area contributed by atoms with Crippen molar-refractivity contribution >= 4 is 39.9 Å². The summed E-state index contributed by atoms with van der Waals surface area (Å²) in [4.78, 5) is 33.2. The maximum absolute atomic E-state index is 12.8. The van der Waals surface area contributed by atoms with Gasteiger partial charge in [0.1, 0.15) is 10.8 Å². The molecule has 3 heterocycles. The van der Waals surface area contributed by atoms with E-state index in [-0.39, 0.29) is 18.3 Å². The molecule has 0 atom stereocenters. The average Bonchev–Trinajstić information content (AvgIpc) is 3.18. The Morgan fingerprint density at radius 3 is 2.60 bits per heavy atom. The molecule has 0 bridgehead atoms. The molecule has 0 aliphatic rings. The summed E-state index contributed by atoms with van der Waals surface area (Å²) >= 11 is 6.37. The summed E-state index contributed by atoms with van der Waals surface area (Å²) in [6.45, 7) is 3.52. The largest absolute Gasteiger partial charge is 0.494 e. The molecule has 4 rings (SSSR count). The van der Waals surface area contributed by atoms with Gasteiger partial charge >= 0.3 is 0 Å². The number of anilines is 2. The highest BCUT2D eigenvalue weighted by atomic mass is 35.5. The number of aromatic nitrogens is 5. The molecule has 3 aromatic heterocycles. The number of hydrogen-bond acceptors (Lipinski definition) is 8. The Hall–Kier alpha value is -4.12. The van der Waals surface area contributed by atoms with E-state index in [2.05, 4.69) is 25.7 Å². The number of rotatable bonds is 7. The van der Waals surface area contributed by atoms with Crippen LogP contribution < -0.4 is 25.7 Å². The molecular weight excluding hydrogens is 474 g/mol. The second kappa shape index (κ2) is 9.63. The van der Waals surface area contributed by atoms with Crippen molar-refractivity contribution in [2.45, 2.75) is 13.8 Å². The van der Waals surface area contributed by atoms with Crippen LogP contribution in [0.1, 0.15) is 11.4 Å². The van der Waals surface area contributed by atoms with E-state index in [4.69, 9.17) is 21.1 Å². The van der Waals surface area contributed by atoms with Crippen LogP contribution in [0.2, 0.25) is 5.02 Å². The lowest BCUT2D eigenvalue weighted by molar-refractivity contribution is -0.122. The van der Waals surface area contributed by atoms with Crippen molar-refractivity contribution in [1.82, 2.24) is 29.6 Å². The second-order valence-corrected chi connectivity index (χ2v) is 8.19. The standard InChI is InChI=1S/C23H24ClN7O4/c1-12-6-13(2)31(29-12)23-26-10-16(24)21(28-23)27-15-7-14-8-18(35-11-19(32)25-3)22(33)30(4)20(14)17(9-15)34-5/h6-10H,11H2,1-5H3,(H,25,32)(H,26,27,28). The minimum atomic E-state index is -0.395. The molecule has 1 amide bonds. The van der Waals surface area contributed by atoms with E-state index in [1.807, 2.05) is 19.9 Å². The van der Waals surface area contributed by atoms with E-state index in [1.165, 1.54) is 24.9 Å². The summed E-state index contributed by atoms with van der Waals surface area (Å²) in [7, 11) is 4.61. The summed E-state index contributed by atoms with van der Waals surface area (Å²) in [5, 5.41) is 11.0. The molecule has 2 N–H and O–H groups in total. The van der Waals surface area contributed by atoms with Gasteiger partial charge in [-0.15, -0.1) is 0 Å². The molecule has 11 nitrogen and oxygen atoms in total. The van der Waals surface area contributed by atoms with Crippen molar-refractivity contribution in [2.75, 3.05) is 26.1 Å². The molecule has 35 heavy (non-hydrogen) atoms. The molecule has 1 aromatic carbocycles. The number of likely N-dealkylation sites (N-methyl/N-ethyl adjacent to an activating group) is 1. The van der Waals surface area contributed by atoms with Crippen LogP contribution in [0.15, 0.2) is 35.3 Å². The first kappa shape index (κ1) is 24.0. The zero-order valence-electron chi connectivity index (χ0n) is 19.8. The number of methoxy groups -OCH3 is 1. The fourth-order valence-corrected chi connectivity index (χ4v) is 3.77. The van der Waals surface area contributed by atoms with Gasteiger partial charge in [0, 0.05) is 36.9 Å². The first-order chi connectivity index (χ1) is 16.7. The van der Waals surface area contributed by atoms with Crippen LogP contribution in [0.4, 0.5) is 11.5 Å². The number of aryl methyl sites for hydroxylation is 3. The molecule has 0 aliphatic heterocycles. The van der Waals surface area contributed by atoms with Crippen LogP contribution in [-0.2, 0) is 11.8 Å². The maximum atomic E-state index is 12.8. The number of halogens is 1. The number of fused-ring (bicyclic) bond motifs is 1. The van der Waals surface area contributed by atoms with E-state index in [1.54, 1.807) is 29.9 Å². The SMILES string of the molecule is CNC(=O)COc1cc2cc(Nc3nc(-n4nc(C)cc4C)ncc3Cl)cc(OC)c2n(C)c1=O. The van der Waals surface area contributed by atoms with Gasteiger partial charge in [-0.2, -0.15) is 10.1 Å². The van der Waals surface area contributed by atoms with Crippen molar-refractivity contribution in [3.8, 4) is 17.4 Å². The third-order valence-corrected chi connectivity index (χ3v) is 5.57. The Labute approximate surface area is 205 Å². The number of nitrogens with one attached hydrogen (secondary N) is 2. The van der Waals surface area contributed by atoms with E-state index < -0.39 is 5.56 Å². The highest BCUT2D eigenvalue weighted by molar-refractivity contribution is 6.32. The van der Waals surface area contributed by atoms with Crippen LogP contribution in [0.25, 0.3) is 16.9 Å². The third kappa shape index (κ3) is 4.76. The van der Waals surface area contributed by atoms with Gasteiger partial charge in [0.15, 0.2) is 18.2 Å². The number of pyridine rings is 1. The minimum Gasteiger partial charge on any atom is -0.494 e. The number of hydrogen-bond donors (Lipinski definition) is 2. The number of ether oxygens (including phenoxy) is 2. The molecular formula is C23H24ClN7O4. The lowest BCUT2D eigenvalue weighted by atomic mass is 10.1. The van der Waals surface area contributed by atoms with Gasteiger partial charge in [-0.3, -0.25) is 9.59 Å². The van der Waals surface area contributed by atoms with Crippen molar-refractivity contribution in [3.63, 3.8) is 0 Å². The van der Waals surface area contributed by atoms with Crippen molar-refractivity contribution in [2.24, 2.45) is 7.05 Å². The molecule has 0 unspecified atom stereocenters. The van der Waals surface area contributed by atoms with Crippen LogP contribution >= 0.6 is 11.6 Å². The Morgan fingerprint density at radius 1 is 1.17 bits per heavy atom. The summed E-state index contributed by atoms with van der Waals surface area (Å²) in [6, 6.07) is 7.02. The molecule has 0 fully saturated rings. The Kier molecular flexibility index (Phi) is 6.61. The maximum Gasteiger partial charge on any atom is 0.293 e. The third-order valence-electron chi connectivity index (χ3n) is 5.29. The zero-order chi connectivity index (χ0) is 25.3. The first-order valence-electron chi connectivity index (χ1n) is 10.6. The van der Waals surface area contributed by atoms with Gasteiger partial charge in [-0.05, 0) is 32.0 Å². The van der Waals surface area contributed by atoms with Gasteiger partial charge in [0.2, 0.25) is 0 Å². The Balaban J connectivity index is 1.76. The molecule has 4 aromatic rings. The van der Waals surface area contributed by atoms with Gasteiger partial charge < -0.3 is 24.7 Å². The van der Waals surface area contributed by atoms with Crippen molar-refractivity contribution in [1.29, 1.82) is 0 Å². The number of carbonyl (C=O) groups is 1. The average molecular weight is 498 g/mol. The monoisotopic (exact) mass is 497 g/mol. The van der Waals surface area contributed by atoms with E-state index >= 15 is 0 Å². The summed E-state index contributed by atoms with van der Waals surface area (Å²) in [5.74, 6) is 0.868. The number of nitrogens with zero attached hydrogens (tertiary/aromatic N) is 5. The van der Waals surface area contributed by atoms with E-state index in [0.717, 1.165) is 11.4 Å². The number of benzene rings is 1. The fraction of sp³-hybridized carbons (Fsp3) is 0.261. The van der Waals surface area contributed by atoms with E-state index in [0.29, 0.717) is 39.1 Å². The van der Waals surface area contributed by atoms with Crippen molar-refractivity contribution < 1.29 is 14.3 Å². The van der Waals surface area contributed by atoms with Crippen LogP contribution in [0.3, 0.4) is 0 Å². The molecule has 0 aliphatic carbocycles. The van der Waals surface area contributed by atoms with Gasteiger partial charge in [-0.1, -0.05) is 11.6 Å². The highest BCUT2D eigenvalue weighted by Gasteiger charge is 2.16. The molecule has 0 radical (unpaired) electrons. The zero-order valence-corrected chi connectivity index (χ0v) is 20.6. The lowest BCUT2D eigenvalue weighted by Crippen LogP contribution is -2.27. The topological polar surface area (TPSA) is 125 Å². The normalized spacial score (nSPS) is 10.9. The minimum absolute atomic E-state index is 0.0367. The first-order valence-corrected chi connectivity index (χ1v) is 11.0. The van der Waals surface area contributed by atoms with E-state index in [9.17, 15) is 9.59 Å². The lowest BCUT2D eigenvalue weighted by Gasteiger charge is -2.16. The molecule has 0 spiro atoms. The second-order valence-electron chi connectivity index (χ2n) is 7.78. The quantitative estimate of drug-likeness (QED) is 0.399. The summed E-state index contributed by atoms with van der Waals surface area (Å²) < 4.78 is 14.0. The fourth-order valence-electron chi connectivity index (χ4n) is 3.63. The summed E-state index contributed by atoms with van der Waals surface area (Å²) in [5.41, 5.74) is 2.50. The molecule has 0 saturated carbocycles. The van der Waals surface area contributed by atoms with Crippen LogP contribution in [0.5, 0.6) is 11.5 Å². The molecule has 0 saturated heterocycles. The molecule has 12 heteroatoms. The van der Waals surface area contributed by atoms with Crippen molar-refractivity contribution in [3.05, 3.63) is 57.2 Å². The Morgan fingerprint density at radius 2 is 1.94 bits per heavy atom. The van der Waals surface area contributed by atoms with Gasteiger partial charge in [0.25, 0.3) is 17.4 Å². The number of carbonyl (C=O) groups excluding carboxylic acids is 1. The van der Waals surface area contributed by atoms with Gasteiger partial charge in [0.05, 0.1) is 24.5 Å². The summed E-state index contributed by atoms with van der Waals surface area (Å²) in [6.07, 6.45) is 1.50. The molecule has 182 valence electrons. The van der Waals surface area contributed by atoms with Crippen LogP contribution in [0, 0.1) is 13.8 Å². The Bertz CT molecular complexity index is 1500. The predicted molar refractivity (Wildman–Crippen MR) is 132 cm³/mol. The smallest absolute Gasteiger partial charge is 0.293 e.